The molecule has 142 valence electrons. The minimum absolute atomic E-state index is 0.0222. The van der Waals surface area contributed by atoms with Gasteiger partial charge in [-0.15, -0.1) is 11.3 Å². The van der Waals surface area contributed by atoms with Gasteiger partial charge in [0.25, 0.3) is 11.8 Å². The van der Waals surface area contributed by atoms with Crippen LogP contribution in [0.2, 0.25) is 0 Å². The van der Waals surface area contributed by atoms with Crippen LogP contribution in [0.1, 0.15) is 38.0 Å². The number of amides is 1. The van der Waals surface area contributed by atoms with Gasteiger partial charge in [-0.1, -0.05) is 5.16 Å². The lowest BCUT2D eigenvalue weighted by molar-refractivity contribution is -0.137. The van der Waals surface area contributed by atoms with Crippen LogP contribution in [-0.2, 0) is 17.3 Å². The van der Waals surface area contributed by atoms with Crippen LogP contribution in [-0.4, -0.2) is 32.9 Å². The van der Waals surface area contributed by atoms with Gasteiger partial charge in [0.1, 0.15) is 5.92 Å². The van der Waals surface area contributed by atoms with Gasteiger partial charge in [0.05, 0.1) is 11.4 Å². The van der Waals surface area contributed by atoms with E-state index in [2.05, 4.69) is 14.7 Å². The molecule has 1 fully saturated rings. The van der Waals surface area contributed by atoms with Crippen LogP contribution in [0, 0.1) is 5.92 Å². The first-order valence-electron chi connectivity index (χ1n) is 7.98. The maximum Gasteiger partial charge on any atom is 0.322 e. The van der Waals surface area contributed by atoms with E-state index in [1.165, 1.54) is 16.2 Å². The van der Waals surface area contributed by atoms with E-state index < -0.39 is 36.0 Å². The highest BCUT2D eigenvalue weighted by Gasteiger charge is 2.62. The van der Waals surface area contributed by atoms with E-state index in [-0.39, 0.29) is 18.4 Å². The first-order chi connectivity index (χ1) is 12.0. The highest BCUT2D eigenvalue weighted by Crippen LogP contribution is 2.50. The van der Waals surface area contributed by atoms with Crippen molar-refractivity contribution in [2.24, 2.45) is 5.92 Å². The maximum atomic E-state index is 13.2. The van der Waals surface area contributed by atoms with Crippen molar-refractivity contribution < 1.29 is 26.9 Å². The van der Waals surface area contributed by atoms with E-state index in [1.54, 1.807) is 26.0 Å². The predicted molar refractivity (Wildman–Crippen MR) is 85.9 cm³/mol. The molecule has 1 aliphatic rings. The number of aromatic nitrogens is 2. The molecule has 0 saturated heterocycles. The summed E-state index contributed by atoms with van der Waals surface area (Å²) in [4.78, 5) is 18.6. The summed E-state index contributed by atoms with van der Waals surface area (Å²) in [5, 5.41) is 3.54. The highest BCUT2D eigenvalue weighted by atomic mass is 32.1. The molecule has 0 spiro atoms. The minimum atomic E-state index is -3.23. The molecule has 1 amide bonds. The van der Waals surface area contributed by atoms with Crippen molar-refractivity contribution in [3.05, 3.63) is 22.9 Å². The van der Waals surface area contributed by atoms with Crippen LogP contribution < -0.4 is 0 Å². The molecule has 0 aliphatic heterocycles. The molecule has 3 rings (SSSR count). The van der Waals surface area contributed by atoms with Crippen LogP contribution >= 0.6 is 11.3 Å². The van der Waals surface area contributed by atoms with Gasteiger partial charge in [-0.25, -0.2) is 8.78 Å². The van der Waals surface area contributed by atoms with Crippen molar-refractivity contribution in [3.8, 4) is 10.7 Å². The molecule has 1 atom stereocenters. The number of halogens is 4. The third kappa shape index (κ3) is 3.74. The molecule has 0 radical (unpaired) electrons. The molecular weight excluding hydrogens is 374 g/mol. The van der Waals surface area contributed by atoms with Gasteiger partial charge in [0.15, 0.2) is 0 Å². The quantitative estimate of drug-likeness (QED) is 0.689. The molecular formula is C16H17F4N3O2S. The van der Waals surface area contributed by atoms with Crippen molar-refractivity contribution in [2.45, 2.75) is 51.6 Å². The van der Waals surface area contributed by atoms with Crippen molar-refractivity contribution in [1.29, 1.82) is 0 Å². The number of carbonyl (C=O) groups is 1. The predicted octanol–water partition coefficient (Wildman–Crippen LogP) is 4.30. The maximum absolute atomic E-state index is 13.2. The van der Waals surface area contributed by atoms with E-state index in [9.17, 15) is 22.4 Å². The third-order valence-electron chi connectivity index (χ3n) is 4.04. The van der Waals surface area contributed by atoms with Gasteiger partial charge in [0, 0.05) is 24.3 Å². The van der Waals surface area contributed by atoms with E-state index in [4.69, 9.17) is 0 Å². The fourth-order valence-electron chi connectivity index (χ4n) is 2.45. The Hall–Kier alpha value is -1.97. The molecule has 26 heavy (non-hydrogen) atoms. The van der Waals surface area contributed by atoms with E-state index in [0.29, 0.717) is 16.7 Å². The van der Waals surface area contributed by atoms with Gasteiger partial charge in [-0.2, -0.15) is 13.8 Å². The zero-order valence-corrected chi connectivity index (χ0v) is 15.1. The Morgan fingerprint density at radius 3 is 2.62 bits per heavy atom. The minimum Gasteiger partial charge on any atom is -0.335 e. The summed E-state index contributed by atoms with van der Waals surface area (Å²) < 4.78 is 57.3. The second-order valence-corrected chi connectivity index (χ2v) is 7.82. The molecule has 1 unspecified atom stereocenters. The summed E-state index contributed by atoms with van der Waals surface area (Å²) in [6.45, 7) is 4.32. The fraction of sp³-hybridized carbons (Fsp3) is 0.562. The van der Waals surface area contributed by atoms with Gasteiger partial charge >= 0.3 is 5.92 Å². The number of rotatable bonds is 6. The summed E-state index contributed by atoms with van der Waals surface area (Å²) in [6.07, 6.45) is -0.415. The number of hydrogen-bond acceptors (Lipinski definition) is 5. The van der Waals surface area contributed by atoms with Crippen LogP contribution in [0.5, 0.6) is 0 Å². The largest absolute Gasteiger partial charge is 0.335 e. The molecule has 1 saturated carbocycles. The summed E-state index contributed by atoms with van der Waals surface area (Å²) in [7, 11) is 0. The Balaban J connectivity index is 1.74. The highest BCUT2D eigenvalue weighted by molar-refractivity contribution is 7.15. The number of nitrogens with zero attached hydrogens (tertiary/aromatic N) is 3. The molecule has 0 aromatic carbocycles. The normalized spacial score (nSPS) is 19.0. The molecule has 2 aromatic rings. The third-order valence-corrected chi connectivity index (χ3v) is 5.11. The first-order valence-corrected chi connectivity index (χ1v) is 8.80. The number of thiophene rings is 1. The Bertz CT molecular complexity index is 813. The van der Waals surface area contributed by atoms with Crippen LogP contribution in [0.3, 0.4) is 0 Å². The lowest BCUT2D eigenvalue weighted by atomic mass is 10.2. The molecule has 5 nitrogen and oxygen atoms in total. The number of carbonyl (C=O) groups excluding carboxylic acids is 1. The van der Waals surface area contributed by atoms with Crippen molar-refractivity contribution in [1.82, 2.24) is 15.0 Å². The second kappa shape index (κ2) is 6.33. The van der Waals surface area contributed by atoms with Gasteiger partial charge in [-0.05, 0) is 26.0 Å². The average Bonchev–Trinajstić information content (AvgIpc) is 2.96. The topological polar surface area (TPSA) is 59.2 Å². The Morgan fingerprint density at radius 2 is 2.12 bits per heavy atom. The molecule has 2 heterocycles. The van der Waals surface area contributed by atoms with Gasteiger partial charge < -0.3 is 9.42 Å². The van der Waals surface area contributed by atoms with Gasteiger partial charge in [-0.3, -0.25) is 4.79 Å². The lowest BCUT2D eigenvalue weighted by Gasteiger charge is -2.26. The molecule has 10 heteroatoms. The van der Waals surface area contributed by atoms with E-state index >= 15 is 0 Å². The number of alkyl halides is 4. The second-order valence-electron chi connectivity index (χ2n) is 6.66. The fourth-order valence-corrected chi connectivity index (χ4v) is 3.38. The Kier molecular flexibility index (Phi) is 4.58. The summed E-state index contributed by atoms with van der Waals surface area (Å²) >= 11 is 1.19. The van der Waals surface area contributed by atoms with Crippen molar-refractivity contribution in [3.63, 3.8) is 0 Å². The first kappa shape index (κ1) is 18.8. The van der Waals surface area contributed by atoms with Crippen LogP contribution in [0.4, 0.5) is 17.6 Å². The zero-order valence-electron chi connectivity index (χ0n) is 14.3. The zero-order chi connectivity index (χ0) is 19.3. The monoisotopic (exact) mass is 391 g/mol. The summed E-state index contributed by atoms with van der Waals surface area (Å²) in [5.41, 5.74) is 0. The average molecular weight is 391 g/mol. The standard InChI is InChI=1S/C16H17F4N3O2S/c1-8(2)23(13(24)10-6-16(10,19)20)7-9-4-5-11(26-9)12-21-14(25-22-12)15(3,17)18/h4-5,8,10H,6-7H2,1-3H3. The molecule has 0 N–H and O–H groups in total. The SMILES string of the molecule is CC(C)N(Cc1ccc(-c2noc(C(C)(F)F)n2)s1)C(=O)C1CC1(F)F. The van der Waals surface area contributed by atoms with Crippen LogP contribution in [0.25, 0.3) is 10.7 Å². The van der Waals surface area contributed by atoms with Crippen LogP contribution in [0.15, 0.2) is 16.7 Å². The summed E-state index contributed by atoms with van der Waals surface area (Å²) in [5.74, 6) is -8.74. The summed E-state index contributed by atoms with van der Waals surface area (Å²) in [6, 6.07) is 3.06. The Labute approximate surface area is 151 Å². The molecule has 1 aliphatic carbocycles. The van der Waals surface area contributed by atoms with Crippen molar-refractivity contribution >= 4 is 17.2 Å². The van der Waals surface area contributed by atoms with E-state index in [1.807, 2.05) is 0 Å². The number of hydrogen-bond donors (Lipinski definition) is 0. The Morgan fingerprint density at radius 1 is 1.46 bits per heavy atom. The smallest absolute Gasteiger partial charge is 0.322 e. The van der Waals surface area contributed by atoms with Gasteiger partial charge in [0.2, 0.25) is 11.7 Å². The van der Waals surface area contributed by atoms with E-state index in [0.717, 1.165) is 0 Å². The van der Waals surface area contributed by atoms with Crippen molar-refractivity contribution in [2.75, 3.05) is 0 Å². The molecule has 2 aromatic heterocycles. The lowest BCUT2D eigenvalue weighted by Crippen LogP contribution is -2.38. The molecule has 0 bridgehead atoms.